The Kier molecular flexibility index (Phi) is 4.05. The number of hydrogen-bond acceptors (Lipinski definition) is 4. The second kappa shape index (κ2) is 5.01. The van der Waals surface area contributed by atoms with E-state index in [1.54, 1.807) is 13.8 Å². The van der Waals surface area contributed by atoms with E-state index >= 15 is 0 Å². The van der Waals surface area contributed by atoms with E-state index in [4.69, 9.17) is 5.11 Å². The molecular formula is C11H16F3N3O. The fourth-order valence-corrected chi connectivity index (χ4v) is 1.27. The van der Waals surface area contributed by atoms with E-state index < -0.39 is 17.3 Å². The molecule has 0 bridgehead atoms. The molecule has 4 nitrogen and oxygen atoms in total. The minimum Gasteiger partial charge on any atom is -0.394 e. The van der Waals surface area contributed by atoms with Crippen molar-refractivity contribution in [2.75, 3.05) is 24.3 Å². The lowest BCUT2D eigenvalue weighted by atomic mass is 10.1. The van der Waals surface area contributed by atoms with Gasteiger partial charge in [0.15, 0.2) is 0 Å². The van der Waals surface area contributed by atoms with Crippen molar-refractivity contribution in [3.8, 4) is 0 Å². The molecule has 7 heteroatoms. The lowest BCUT2D eigenvalue weighted by Crippen LogP contribution is -2.35. The van der Waals surface area contributed by atoms with Crippen LogP contribution in [0.15, 0.2) is 12.1 Å². The molecule has 1 heterocycles. The first-order chi connectivity index (χ1) is 8.18. The van der Waals surface area contributed by atoms with Gasteiger partial charge in [0.25, 0.3) is 0 Å². The number of nitrogens with zero attached hydrogens (tertiary/aromatic N) is 1. The highest BCUT2D eigenvalue weighted by Gasteiger charge is 2.32. The second-order valence-corrected chi connectivity index (χ2v) is 4.54. The molecule has 0 unspecified atom stereocenters. The smallest absolute Gasteiger partial charge is 0.394 e. The Bertz CT molecular complexity index is 418. The van der Waals surface area contributed by atoms with Gasteiger partial charge < -0.3 is 15.7 Å². The van der Waals surface area contributed by atoms with Gasteiger partial charge in [-0.05, 0) is 26.0 Å². The molecule has 1 aromatic heterocycles. The number of pyridine rings is 1. The van der Waals surface area contributed by atoms with Crippen LogP contribution in [0.2, 0.25) is 0 Å². The Morgan fingerprint density at radius 2 is 1.78 bits per heavy atom. The van der Waals surface area contributed by atoms with Crippen molar-refractivity contribution in [2.45, 2.75) is 25.6 Å². The molecule has 0 aliphatic carbocycles. The summed E-state index contributed by atoms with van der Waals surface area (Å²) in [6.07, 6.45) is -4.44. The minimum absolute atomic E-state index is 0.0632. The first-order valence-electron chi connectivity index (χ1n) is 5.34. The number of nitrogens with one attached hydrogen (secondary N) is 2. The van der Waals surface area contributed by atoms with Crippen LogP contribution in [-0.4, -0.2) is 29.3 Å². The molecular weight excluding hydrogens is 247 g/mol. The molecule has 1 rings (SSSR count). The molecule has 18 heavy (non-hydrogen) atoms. The number of halogens is 3. The minimum atomic E-state index is -4.44. The van der Waals surface area contributed by atoms with Gasteiger partial charge in [-0.15, -0.1) is 0 Å². The highest BCUT2D eigenvalue weighted by atomic mass is 19.4. The Morgan fingerprint density at radius 1 is 1.22 bits per heavy atom. The van der Waals surface area contributed by atoms with Crippen molar-refractivity contribution in [1.82, 2.24) is 4.98 Å². The van der Waals surface area contributed by atoms with Crippen LogP contribution in [-0.2, 0) is 6.18 Å². The van der Waals surface area contributed by atoms with Crippen LogP contribution in [0.1, 0.15) is 19.4 Å². The second-order valence-electron chi connectivity index (χ2n) is 4.54. The molecule has 102 valence electrons. The van der Waals surface area contributed by atoms with Gasteiger partial charge in [0.2, 0.25) is 0 Å². The van der Waals surface area contributed by atoms with E-state index in [-0.39, 0.29) is 18.2 Å². The van der Waals surface area contributed by atoms with E-state index in [1.165, 1.54) is 7.05 Å². The maximum atomic E-state index is 12.7. The zero-order chi connectivity index (χ0) is 14.0. The Labute approximate surface area is 103 Å². The molecule has 0 aliphatic rings. The maximum absolute atomic E-state index is 12.7. The van der Waals surface area contributed by atoms with Gasteiger partial charge in [0.1, 0.15) is 11.6 Å². The first-order valence-corrected chi connectivity index (χ1v) is 5.34. The summed E-state index contributed by atoms with van der Waals surface area (Å²) in [5.74, 6) is 0.175. The molecule has 1 aromatic rings. The van der Waals surface area contributed by atoms with E-state index in [0.29, 0.717) is 0 Å². The molecule has 0 fully saturated rings. The van der Waals surface area contributed by atoms with Gasteiger partial charge in [-0.1, -0.05) is 0 Å². The van der Waals surface area contributed by atoms with Crippen molar-refractivity contribution in [3.63, 3.8) is 0 Å². The van der Waals surface area contributed by atoms with Crippen molar-refractivity contribution < 1.29 is 18.3 Å². The van der Waals surface area contributed by atoms with Crippen molar-refractivity contribution in [2.24, 2.45) is 0 Å². The third-order valence-electron chi connectivity index (χ3n) is 2.27. The van der Waals surface area contributed by atoms with E-state index in [9.17, 15) is 13.2 Å². The number of aromatic nitrogens is 1. The van der Waals surface area contributed by atoms with Crippen molar-refractivity contribution in [3.05, 3.63) is 17.7 Å². The highest BCUT2D eigenvalue weighted by Crippen LogP contribution is 2.32. The van der Waals surface area contributed by atoms with Gasteiger partial charge in [-0.2, -0.15) is 13.2 Å². The largest absolute Gasteiger partial charge is 0.416 e. The topological polar surface area (TPSA) is 57.2 Å². The van der Waals surface area contributed by atoms with Crippen molar-refractivity contribution >= 4 is 11.6 Å². The van der Waals surface area contributed by atoms with Crippen LogP contribution >= 0.6 is 0 Å². The molecule has 0 radical (unpaired) electrons. The van der Waals surface area contributed by atoms with Crippen LogP contribution < -0.4 is 10.6 Å². The lowest BCUT2D eigenvalue weighted by molar-refractivity contribution is -0.137. The number of rotatable bonds is 4. The molecule has 0 saturated carbocycles. The summed E-state index contributed by atoms with van der Waals surface area (Å²) in [4.78, 5) is 3.97. The highest BCUT2D eigenvalue weighted by molar-refractivity contribution is 5.50. The Balaban J connectivity index is 3.13. The van der Waals surface area contributed by atoms with Crippen LogP contribution in [0.25, 0.3) is 0 Å². The average molecular weight is 263 g/mol. The average Bonchev–Trinajstić information content (AvgIpc) is 2.27. The predicted octanol–water partition coefficient (Wildman–Crippen LogP) is 2.32. The van der Waals surface area contributed by atoms with E-state index in [0.717, 1.165) is 12.1 Å². The zero-order valence-electron chi connectivity index (χ0n) is 10.4. The number of alkyl halides is 3. The quantitative estimate of drug-likeness (QED) is 0.780. The summed E-state index contributed by atoms with van der Waals surface area (Å²) in [5.41, 5.74) is -1.54. The summed E-state index contributed by atoms with van der Waals surface area (Å²) < 4.78 is 38.0. The number of aliphatic hydroxyl groups is 1. The summed E-state index contributed by atoms with van der Waals surface area (Å²) in [6, 6.07) is 1.84. The molecule has 0 aliphatic heterocycles. The standard InChI is InChI=1S/C11H16F3N3O/c1-10(2,6-18)17-9-5-7(11(12,13)14)4-8(15-3)16-9/h4-5,18H,6H2,1-3H3,(H2,15,16,17). The fraction of sp³-hybridized carbons (Fsp3) is 0.545. The van der Waals surface area contributed by atoms with E-state index in [2.05, 4.69) is 15.6 Å². The van der Waals surface area contributed by atoms with E-state index in [1.807, 2.05) is 0 Å². The van der Waals surface area contributed by atoms with Crippen LogP contribution in [0, 0.1) is 0 Å². The number of hydrogen-bond donors (Lipinski definition) is 3. The summed E-state index contributed by atoms with van der Waals surface area (Å²) in [7, 11) is 1.49. The Morgan fingerprint density at radius 3 is 2.22 bits per heavy atom. The SMILES string of the molecule is CNc1cc(C(F)(F)F)cc(NC(C)(C)CO)n1. The summed E-state index contributed by atoms with van der Waals surface area (Å²) in [5, 5.41) is 14.4. The van der Waals surface area contributed by atoms with Gasteiger partial charge in [-0.3, -0.25) is 0 Å². The summed E-state index contributed by atoms with van der Waals surface area (Å²) in [6.45, 7) is 3.10. The van der Waals surface area contributed by atoms with Gasteiger partial charge >= 0.3 is 6.18 Å². The van der Waals surface area contributed by atoms with Gasteiger partial charge in [0, 0.05) is 7.05 Å². The molecule has 0 atom stereocenters. The fourth-order valence-electron chi connectivity index (χ4n) is 1.27. The van der Waals surface area contributed by atoms with Gasteiger partial charge in [-0.25, -0.2) is 4.98 Å². The van der Waals surface area contributed by atoms with Crippen LogP contribution in [0.3, 0.4) is 0 Å². The molecule has 0 saturated heterocycles. The van der Waals surface area contributed by atoms with Crippen LogP contribution in [0.4, 0.5) is 24.8 Å². The maximum Gasteiger partial charge on any atom is 0.416 e. The molecule has 0 aromatic carbocycles. The monoisotopic (exact) mass is 263 g/mol. The molecule has 0 spiro atoms. The van der Waals surface area contributed by atoms with Gasteiger partial charge in [0.05, 0.1) is 17.7 Å². The molecule has 0 amide bonds. The third kappa shape index (κ3) is 3.76. The zero-order valence-corrected chi connectivity index (χ0v) is 10.4. The molecule has 3 N–H and O–H groups in total. The Hall–Kier alpha value is -1.50. The lowest BCUT2D eigenvalue weighted by Gasteiger charge is -2.25. The third-order valence-corrected chi connectivity index (χ3v) is 2.27. The normalized spacial score (nSPS) is 12.4. The predicted molar refractivity (Wildman–Crippen MR) is 63.6 cm³/mol. The summed E-state index contributed by atoms with van der Waals surface area (Å²) >= 11 is 0. The van der Waals surface area contributed by atoms with Crippen LogP contribution in [0.5, 0.6) is 0 Å². The number of anilines is 2. The van der Waals surface area contributed by atoms with Crippen molar-refractivity contribution in [1.29, 1.82) is 0 Å². The number of aliphatic hydroxyl groups excluding tert-OH is 1. The first kappa shape index (κ1) is 14.6.